The standard InChI is InChI=1S/C13H19N5OS2/c1-8(2)12-15-10(6-20-12)5-18(4)9(3)11(19)16-13-17-14-7-21-13/h6-9H,5H2,1-4H3,(H,16,17,19)/t9-/m0/s1. The summed E-state index contributed by atoms with van der Waals surface area (Å²) in [6.45, 7) is 6.77. The molecular formula is C13H19N5OS2. The van der Waals surface area contributed by atoms with Crippen molar-refractivity contribution in [3.8, 4) is 0 Å². The molecule has 6 nitrogen and oxygen atoms in total. The third-order valence-corrected chi connectivity index (χ3v) is 4.91. The van der Waals surface area contributed by atoms with Crippen LogP contribution in [-0.2, 0) is 11.3 Å². The Morgan fingerprint density at radius 3 is 2.71 bits per heavy atom. The number of likely N-dealkylation sites (N-methyl/N-ethyl adjacent to an activating group) is 1. The molecule has 2 heterocycles. The van der Waals surface area contributed by atoms with Gasteiger partial charge >= 0.3 is 0 Å². The summed E-state index contributed by atoms with van der Waals surface area (Å²) >= 11 is 2.98. The zero-order valence-corrected chi connectivity index (χ0v) is 14.2. The molecule has 1 N–H and O–H groups in total. The average Bonchev–Trinajstić information content (AvgIpc) is 3.09. The van der Waals surface area contributed by atoms with Crippen LogP contribution in [0.5, 0.6) is 0 Å². The Labute approximate surface area is 132 Å². The number of nitrogens with one attached hydrogen (secondary N) is 1. The maximum Gasteiger partial charge on any atom is 0.243 e. The molecule has 0 saturated carbocycles. The minimum absolute atomic E-state index is 0.0893. The highest BCUT2D eigenvalue weighted by molar-refractivity contribution is 7.13. The van der Waals surface area contributed by atoms with Crippen molar-refractivity contribution in [2.24, 2.45) is 0 Å². The summed E-state index contributed by atoms with van der Waals surface area (Å²) in [5, 5.41) is 14.0. The Morgan fingerprint density at radius 2 is 2.14 bits per heavy atom. The van der Waals surface area contributed by atoms with E-state index in [0.29, 0.717) is 17.6 Å². The second-order valence-electron chi connectivity index (χ2n) is 5.16. The van der Waals surface area contributed by atoms with E-state index in [9.17, 15) is 4.79 Å². The summed E-state index contributed by atoms with van der Waals surface area (Å²) in [6, 6.07) is -0.266. The van der Waals surface area contributed by atoms with Crippen LogP contribution >= 0.6 is 22.7 Å². The molecule has 1 atom stereocenters. The highest BCUT2D eigenvalue weighted by Crippen LogP contribution is 2.20. The lowest BCUT2D eigenvalue weighted by Gasteiger charge is -2.22. The van der Waals surface area contributed by atoms with E-state index in [-0.39, 0.29) is 11.9 Å². The van der Waals surface area contributed by atoms with Crippen molar-refractivity contribution in [1.82, 2.24) is 20.1 Å². The molecule has 0 aliphatic carbocycles. The van der Waals surface area contributed by atoms with Crippen molar-refractivity contribution in [2.45, 2.75) is 39.3 Å². The summed E-state index contributed by atoms with van der Waals surface area (Å²) < 4.78 is 0. The normalized spacial score (nSPS) is 12.9. The van der Waals surface area contributed by atoms with E-state index in [2.05, 4.69) is 39.7 Å². The van der Waals surface area contributed by atoms with Gasteiger partial charge in [-0.25, -0.2) is 4.98 Å². The van der Waals surface area contributed by atoms with Gasteiger partial charge in [0.15, 0.2) is 0 Å². The second kappa shape index (κ2) is 7.06. The largest absolute Gasteiger partial charge is 0.299 e. The van der Waals surface area contributed by atoms with E-state index in [0.717, 1.165) is 10.7 Å². The molecule has 0 aliphatic rings. The van der Waals surface area contributed by atoms with Gasteiger partial charge in [-0.05, 0) is 14.0 Å². The van der Waals surface area contributed by atoms with Gasteiger partial charge < -0.3 is 0 Å². The molecular weight excluding hydrogens is 306 g/mol. The molecule has 2 rings (SSSR count). The van der Waals surface area contributed by atoms with Crippen LogP contribution < -0.4 is 5.32 Å². The van der Waals surface area contributed by atoms with Crippen LogP contribution in [0.2, 0.25) is 0 Å². The highest BCUT2D eigenvalue weighted by atomic mass is 32.1. The molecule has 0 aliphatic heterocycles. The fourth-order valence-corrected chi connectivity index (χ4v) is 2.96. The van der Waals surface area contributed by atoms with E-state index in [1.807, 2.05) is 18.9 Å². The lowest BCUT2D eigenvalue weighted by Crippen LogP contribution is -2.39. The maximum atomic E-state index is 12.1. The number of rotatable bonds is 6. The van der Waals surface area contributed by atoms with E-state index in [4.69, 9.17) is 0 Å². The first-order chi connectivity index (χ1) is 9.97. The topological polar surface area (TPSA) is 71.0 Å². The van der Waals surface area contributed by atoms with Gasteiger partial charge in [-0.3, -0.25) is 15.0 Å². The third kappa shape index (κ3) is 4.29. The molecule has 0 fully saturated rings. The molecule has 0 bridgehead atoms. The molecule has 0 saturated heterocycles. The molecule has 21 heavy (non-hydrogen) atoms. The number of hydrogen-bond donors (Lipinski definition) is 1. The molecule has 0 aromatic carbocycles. The van der Waals surface area contributed by atoms with Gasteiger partial charge in [-0.15, -0.1) is 21.5 Å². The lowest BCUT2D eigenvalue weighted by molar-refractivity contribution is -0.120. The number of anilines is 1. The van der Waals surface area contributed by atoms with Gasteiger partial charge in [-0.1, -0.05) is 25.2 Å². The van der Waals surface area contributed by atoms with Crippen molar-refractivity contribution in [2.75, 3.05) is 12.4 Å². The summed E-state index contributed by atoms with van der Waals surface area (Å²) in [5.41, 5.74) is 2.59. The van der Waals surface area contributed by atoms with Crippen LogP contribution in [0, 0.1) is 0 Å². The van der Waals surface area contributed by atoms with Crippen molar-refractivity contribution < 1.29 is 4.79 Å². The zero-order chi connectivity index (χ0) is 15.4. The number of carbonyl (C=O) groups excluding carboxylic acids is 1. The molecule has 2 aromatic rings. The first-order valence-corrected chi connectivity index (χ1v) is 8.45. The van der Waals surface area contributed by atoms with Crippen LogP contribution in [0.15, 0.2) is 10.9 Å². The summed E-state index contributed by atoms with van der Waals surface area (Å²) in [4.78, 5) is 18.7. The van der Waals surface area contributed by atoms with Crippen molar-refractivity contribution in [3.63, 3.8) is 0 Å². The predicted octanol–water partition coefficient (Wildman–Crippen LogP) is 2.58. The van der Waals surface area contributed by atoms with Crippen LogP contribution in [0.4, 0.5) is 5.13 Å². The minimum Gasteiger partial charge on any atom is -0.299 e. The van der Waals surface area contributed by atoms with Crippen LogP contribution in [0.1, 0.15) is 37.4 Å². The first-order valence-electron chi connectivity index (χ1n) is 6.69. The molecule has 2 aromatic heterocycles. The lowest BCUT2D eigenvalue weighted by atomic mass is 10.2. The van der Waals surface area contributed by atoms with Gasteiger partial charge in [0.1, 0.15) is 5.51 Å². The zero-order valence-electron chi connectivity index (χ0n) is 12.5. The average molecular weight is 325 g/mol. The maximum absolute atomic E-state index is 12.1. The van der Waals surface area contributed by atoms with Gasteiger partial charge in [0, 0.05) is 17.8 Å². The number of nitrogens with zero attached hydrogens (tertiary/aromatic N) is 4. The summed E-state index contributed by atoms with van der Waals surface area (Å²) in [5.74, 6) is 0.348. The Bertz CT molecular complexity index is 581. The van der Waals surface area contributed by atoms with E-state index >= 15 is 0 Å². The monoisotopic (exact) mass is 325 g/mol. The SMILES string of the molecule is CC(C)c1nc(CN(C)[C@@H](C)C(=O)Nc2nncs2)cs1. The van der Waals surface area contributed by atoms with Gasteiger partial charge in [0.25, 0.3) is 0 Å². The molecule has 0 spiro atoms. The number of amides is 1. The van der Waals surface area contributed by atoms with Crippen LogP contribution in [0.3, 0.4) is 0 Å². The number of carbonyl (C=O) groups is 1. The molecule has 0 unspecified atom stereocenters. The predicted molar refractivity (Wildman–Crippen MR) is 85.7 cm³/mol. The molecule has 0 radical (unpaired) electrons. The molecule has 8 heteroatoms. The molecule has 114 valence electrons. The summed E-state index contributed by atoms with van der Waals surface area (Å²) in [6.07, 6.45) is 0. The fourth-order valence-electron chi connectivity index (χ4n) is 1.69. The Balaban J connectivity index is 1.92. The highest BCUT2D eigenvalue weighted by Gasteiger charge is 2.20. The number of thiazole rings is 1. The van der Waals surface area contributed by atoms with Crippen molar-refractivity contribution >= 4 is 33.7 Å². The van der Waals surface area contributed by atoms with E-state index < -0.39 is 0 Å². The Hall–Kier alpha value is -1.38. The van der Waals surface area contributed by atoms with Gasteiger partial charge in [-0.2, -0.15) is 0 Å². The Kier molecular flexibility index (Phi) is 5.38. The number of aromatic nitrogens is 3. The van der Waals surface area contributed by atoms with Crippen molar-refractivity contribution in [1.29, 1.82) is 0 Å². The fraction of sp³-hybridized carbons (Fsp3) is 0.538. The van der Waals surface area contributed by atoms with Crippen LogP contribution in [0.25, 0.3) is 0 Å². The van der Waals surface area contributed by atoms with E-state index in [1.165, 1.54) is 11.3 Å². The minimum atomic E-state index is -0.266. The van der Waals surface area contributed by atoms with Crippen LogP contribution in [-0.4, -0.2) is 39.1 Å². The number of hydrogen-bond acceptors (Lipinski definition) is 7. The molecule has 1 amide bonds. The third-order valence-electron chi connectivity index (χ3n) is 3.11. The Morgan fingerprint density at radius 1 is 1.38 bits per heavy atom. The second-order valence-corrected chi connectivity index (χ2v) is 6.88. The smallest absolute Gasteiger partial charge is 0.243 e. The van der Waals surface area contributed by atoms with Crippen molar-refractivity contribution in [3.05, 3.63) is 21.6 Å². The quantitative estimate of drug-likeness (QED) is 0.884. The van der Waals surface area contributed by atoms with E-state index in [1.54, 1.807) is 16.8 Å². The first kappa shape index (κ1) is 16.0. The van der Waals surface area contributed by atoms with Gasteiger partial charge in [0.05, 0.1) is 16.7 Å². The van der Waals surface area contributed by atoms with Gasteiger partial charge in [0.2, 0.25) is 11.0 Å². The summed E-state index contributed by atoms with van der Waals surface area (Å²) in [7, 11) is 1.92.